The average molecular weight is 298 g/mol. The normalized spacial score (nSPS) is 11.2. The molecule has 1 aromatic heterocycles. The van der Waals surface area contributed by atoms with Crippen LogP contribution in [0.4, 0.5) is 0 Å². The van der Waals surface area contributed by atoms with E-state index >= 15 is 0 Å². The molecular weight excluding hydrogens is 290 g/mol. The molecule has 6 heteroatoms. The highest BCUT2D eigenvalue weighted by Crippen LogP contribution is 2.34. The molecule has 0 amide bonds. The van der Waals surface area contributed by atoms with Gasteiger partial charge in [0.15, 0.2) is 9.84 Å². The van der Waals surface area contributed by atoms with Crippen molar-refractivity contribution >= 4 is 32.8 Å². The molecule has 0 N–H and O–H groups in total. The molecule has 0 unspecified atom stereocenters. The lowest BCUT2D eigenvalue weighted by molar-refractivity contribution is 0.603. The first-order valence-electron chi connectivity index (χ1n) is 4.91. The highest BCUT2D eigenvalue weighted by Gasteiger charge is 2.20. The van der Waals surface area contributed by atoms with Crippen LogP contribution in [0, 0.1) is 11.3 Å². The second kappa shape index (κ2) is 4.73. The van der Waals surface area contributed by atoms with Gasteiger partial charge in [0.2, 0.25) is 0 Å². The van der Waals surface area contributed by atoms with E-state index in [9.17, 15) is 8.42 Å². The third kappa shape index (κ3) is 2.41. The Morgan fingerprint density at radius 3 is 2.67 bits per heavy atom. The van der Waals surface area contributed by atoms with Crippen molar-refractivity contribution < 1.29 is 8.42 Å². The van der Waals surface area contributed by atoms with Crippen molar-refractivity contribution in [1.29, 1.82) is 5.26 Å². The van der Waals surface area contributed by atoms with Gasteiger partial charge in [-0.3, -0.25) is 0 Å². The van der Waals surface area contributed by atoms with Crippen LogP contribution in [0.3, 0.4) is 0 Å². The van der Waals surface area contributed by atoms with Gasteiger partial charge in [0.1, 0.15) is 10.3 Å². The number of thiophene rings is 1. The quantitative estimate of drug-likeness (QED) is 0.854. The number of hydrogen-bond donors (Lipinski definition) is 0. The van der Waals surface area contributed by atoms with E-state index in [1.165, 1.54) is 0 Å². The van der Waals surface area contributed by atoms with Gasteiger partial charge in [-0.2, -0.15) is 5.26 Å². The molecule has 1 aromatic carbocycles. The lowest BCUT2D eigenvalue weighted by Gasteiger charge is -2.00. The Labute approximate surface area is 114 Å². The van der Waals surface area contributed by atoms with Gasteiger partial charge in [-0.1, -0.05) is 23.7 Å². The topological polar surface area (TPSA) is 57.9 Å². The zero-order valence-corrected chi connectivity index (χ0v) is 11.7. The van der Waals surface area contributed by atoms with Crippen molar-refractivity contribution in [2.45, 2.75) is 4.21 Å². The number of rotatable bonds is 2. The van der Waals surface area contributed by atoms with E-state index < -0.39 is 9.84 Å². The molecule has 0 fully saturated rings. The van der Waals surface area contributed by atoms with Crippen LogP contribution in [0.25, 0.3) is 11.1 Å². The Bertz CT molecular complexity index is 742. The summed E-state index contributed by atoms with van der Waals surface area (Å²) in [4.78, 5) is 0. The van der Waals surface area contributed by atoms with Crippen LogP contribution in [-0.2, 0) is 9.84 Å². The highest BCUT2D eigenvalue weighted by molar-refractivity contribution is 7.92. The third-order valence-electron chi connectivity index (χ3n) is 2.34. The molecule has 0 aliphatic rings. The van der Waals surface area contributed by atoms with Crippen molar-refractivity contribution in [2.75, 3.05) is 6.26 Å². The van der Waals surface area contributed by atoms with E-state index in [0.29, 0.717) is 10.6 Å². The molecule has 0 saturated heterocycles. The van der Waals surface area contributed by atoms with Crippen LogP contribution in [0.15, 0.2) is 33.9 Å². The summed E-state index contributed by atoms with van der Waals surface area (Å²) in [5.74, 6) is 0. The maximum absolute atomic E-state index is 11.6. The van der Waals surface area contributed by atoms with E-state index in [-0.39, 0.29) is 9.77 Å². The Balaban J connectivity index is 2.69. The minimum Gasteiger partial charge on any atom is -0.223 e. The standard InChI is InChI=1S/C12H8ClNO2S2/c1-18(15,16)12-10(6-14)11(7-17-12)8-3-2-4-9(13)5-8/h2-5,7H,1H3. The van der Waals surface area contributed by atoms with E-state index in [4.69, 9.17) is 16.9 Å². The molecule has 0 aliphatic heterocycles. The minimum absolute atomic E-state index is 0.0972. The molecule has 0 radical (unpaired) electrons. The molecule has 2 rings (SSSR count). The smallest absolute Gasteiger partial charge is 0.186 e. The lowest BCUT2D eigenvalue weighted by atomic mass is 10.1. The summed E-state index contributed by atoms with van der Waals surface area (Å²) >= 11 is 6.94. The zero-order chi connectivity index (χ0) is 13.3. The molecule has 1 heterocycles. The molecule has 0 aliphatic carbocycles. The monoisotopic (exact) mass is 297 g/mol. The fraction of sp³-hybridized carbons (Fsp3) is 0.0833. The van der Waals surface area contributed by atoms with Crippen LogP contribution < -0.4 is 0 Å². The molecule has 0 saturated carbocycles. The van der Waals surface area contributed by atoms with Gasteiger partial charge in [-0.05, 0) is 17.7 Å². The van der Waals surface area contributed by atoms with Gasteiger partial charge in [0.25, 0.3) is 0 Å². The van der Waals surface area contributed by atoms with Gasteiger partial charge >= 0.3 is 0 Å². The average Bonchev–Trinajstić information content (AvgIpc) is 2.72. The summed E-state index contributed by atoms with van der Waals surface area (Å²) in [5.41, 5.74) is 1.53. The second-order valence-electron chi connectivity index (χ2n) is 3.71. The number of sulfone groups is 1. The molecule has 2 aromatic rings. The number of benzene rings is 1. The number of nitriles is 1. The fourth-order valence-electron chi connectivity index (χ4n) is 1.59. The van der Waals surface area contributed by atoms with E-state index in [2.05, 4.69) is 0 Å². The molecular formula is C12H8ClNO2S2. The molecule has 0 atom stereocenters. The summed E-state index contributed by atoms with van der Waals surface area (Å²) in [6, 6.07) is 8.94. The first-order valence-corrected chi connectivity index (χ1v) is 8.06. The summed E-state index contributed by atoms with van der Waals surface area (Å²) in [7, 11) is -3.38. The Kier molecular flexibility index (Phi) is 3.44. The van der Waals surface area contributed by atoms with Crippen molar-refractivity contribution in [3.63, 3.8) is 0 Å². The Morgan fingerprint density at radius 2 is 2.11 bits per heavy atom. The zero-order valence-electron chi connectivity index (χ0n) is 9.34. The third-order valence-corrected chi connectivity index (χ3v) is 5.42. The van der Waals surface area contributed by atoms with Crippen LogP contribution in [0.1, 0.15) is 5.56 Å². The van der Waals surface area contributed by atoms with Crippen LogP contribution in [0.2, 0.25) is 5.02 Å². The van der Waals surface area contributed by atoms with E-state index in [0.717, 1.165) is 23.2 Å². The van der Waals surface area contributed by atoms with Crippen molar-refractivity contribution in [1.82, 2.24) is 0 Å². The summed E-state index contributed by atoms with van der Waals surface area (Å²) in [5, 5.41) is 11.4. The molecule has 92 valence electrons. The second-order valence-corrected chi connectivity index (χ2v) is 7.23. The summed E-state index contributed by atoms with van der Waals surface area (Å²) < 4.78 is 23.2. The number of nitrogens with zero attached hydrogens (tertiary/aromatic N) is 1. The van der Waals surface area contributed by atoms with Gasteiger partial charge in [-0.15, -0.1) is 11.3 Å². The maximum atomic E-state index is 11.6. The Morgan fingerprint density at radius 1 is 1.39 bits per heavy atom. The predicted octanol–water partition coefficient (Wildman–Crippen LogP) is 3.34. The van der Waals surface area contributed by atoms with Crippen molar-refractivity contribution in [2.24, 2.45) is 0 Å². The van der Waals surface area contributed by atoms with Gasteiger partial charge < -0.3 is 0 Å². The predicted molar refractivity (Wildman–Crippen MR) is 72.6 cm³/mol. The fourth-order valence-corrected chi connectivity index (χ4v) is 3.90. The molecule has 0 bridgehead atoms. The number of hydrogen-bond acceptors (Lipinski definition) is 4. The first kappa shape index (κ1) is 13.1. The maximum Gasteiger partial charge on any atom is 0.186 e. The Hall–Kier alpha value is -1.35. The van der Waals surface area contributed by atoms with Crippen LogP contribution in [0.5, 0.6) is 0 Å². The largest absolute Gasteiger partial charge is 0.223 e. The number of halogens is 1. The van der Waals surface area contributed by atoms with Gasteiger partial charge in [0.05, 0.1) is 5.56 Å². The summed E-state index contributed by atoms with van der Waals surface area (Å²) in [6.45, 7) is 0. The van der Waals surface area contributed by atoms with Crippen LogP contribution in [-0.4, -0.2) is 14.7 Å². The molecule has 0 spiro atoms. The minimum atomic E-state index is -3.38. The van der Waals surface area contributed by atoms with E-state index in [1.807, 2.05) is 6.07 Å². The SMILES string of the molecule is CS(=O)(=O)c1scc(-c2cccc(Cl)c2)c1C#N. The van der Waals surface area contributed by atoms with Crippen molar-refractivity contribution in [3.8, 4) is 17.2 Å². The highest BCUT2D eigenvalue weighted by atomic mass is 35.5. The van der Waals surface area contributed by atoms with Gasteiger partial charge in [-0.25, -0.2) is 8.42 Å². The summed E-state index contributed by atoms with van der Waals surface area (Å²) in [6.07, 6.45) is 1.10. The van der Waals surface area contributed by atoms with Gasteiger partial charge in [0, 0.05) is 22.2 Å². The lowest BCUT2D eigenvalue weighted by Crippen LogP contribution is -1.96. The first-order chi connectivity index (χ1) is 8.43. The molecule has 3 nitrogen and oxygen atoms in total. The van der Waals surface area contributed by atoms with Crippen LogP contribution >= 0.6 is 22.9 Å². The van der Waals surface area contributed by atoms with E-state index in [1.54, 1.807) is 29.6 Å². The van der Waals surface area contributed by atoms with Crippen molar-refractivity contribution in [3.05, 3.63) is 40.2 Å². The molecule has 18 heavy (non-hydrogen) atoms.